The predicted molar refractivity (Wildman–Crippen MR) is 102 cm³/mol. The Bertz CT molecular complexity index is 894. The minimum absolute atomic E-state index is 0.257. The van der Waals surface area contributed by atoms with Crippen LogP contribution < -0.4 is 15.4 Å². The third kappa shape index (κ3) is 4.16. The Morgan fingerprint density at radius 1 is 1.04 bits per heavy atom. The van der Waals surface area contributed by atoms with Crippen LogP contribution in [0.2, 0.25) is 0 Å². The van der Waals surface area contributed by atoms with Crippen molar-refractivity contribution in [1.82, 2.24) is 10.2 Å². The van der Waals surface area contributed by atoms with E-state index in [1.807, 2.05) is 55.5 Å². The summed E-state index contributed by atoms with van der Waals surface area (Å²) in [5.74, 6) is 1.00. The fourth-order valence-corrected chi connectivity index (χ4v) is 2.51. The minimum Gasteiger partial charge on any atom is -0.497 e. The molecule has 0 saturated carbocycles. The highest BCUT2D eigenvalue weighted by atomic mass is 16.5. The topological polar surface area (TPSA) is 76.1 Å². The van der Waals surface area contributed by atoms with Crippen molar-refractivity contribution in [3.05, 3.63) is 71.9 Å². The normalized spacial score (nSPS) is 10.2. The molecule has 3 aromatic rings. The zero-order valence-corrected chi connectivity index (χ0v) is 14.7. The summed E-state index contributed by atoms with van der Waals surface area (Å²) in [7, 11) is 1.61. The number of aryl methyl sites for hydroxylation is 1. The van der Waals surface area contributed by atoms with Crippen LogP contribution >= 0.6 is 0 Å². The first-order chi connectivity index (χ1) is 12.7. The van der Waals surface area contributed by atoms with E-state index in [1.165, 1.54) is 0 Å². The fourth-order valence-electron chi connectivity index (χ4n) is 2.51. The molecule has 0 aliphatic heterocycles. The molecule has 0 saturated heterocycles. The van der Waals surface area contributed by atoms with E-state index in [4.69, 9.17) is 4.74 Å². The van der Waals surface area contributed by atoms with E-state index in [2.05, 4.69) is 20.8 Å². The molecule has 0 atom stereocenters. The maximum absolute atomic E-state index is 12.4. The number of carbonyl (C=O) groups is 1. The molecule has 0 fully saturated rings. The van der Waals surface area contributed by atoms with Crippen molar-refractivity contribution < 1.29 is 9.53 Å². The summed E-state index contributed by atoms with van der Waals surface area (Å²) < 4.78 is 5.19. The van der Waals surface area contributed by atoms with E-state index in [0.717, 1.165) is 29.1 Å². The Labute approximate surface area is 152 Å². The number of rotatable bonds is 6. The largest absolute Gasteiger partial charge is 0.497 e. The molecule has 1 heterocycles. The van der Waals surface area contributed by atoms with Gasteiger partial charge in [0.25, 0.3) is 5.91 Å². The van der Waals surface area contributed by atoms with Gasteiger partial charge in [0.2, 0.25) is 0 Å². The number of anilines is 3. The van der Waals surface area contributed by atoms with Crippen LogP contribution in [0.3, 0.4) is 0 Å². The van der Waals surface area contributed by atoms with Gasteiger partial charge in [0.15, 0.2) is 11.5 Å². The zero-order chi connectivity index (χ0) is 18.4. The molecule has 3 rings (SSSR count). The summed E-state index contributed by atoms with van der Waals surface area (Å²) in [5, 5.41) is 14.1. The van der Waals surface area contributed by atoms with Crippen LogP contribution in [0, 0.1) is 0 Å². The number of aromatic nitrogens is 2. The Hall–Kier alpha value is -3.41. The average Bonchev–Trinajstić information content (AvgIpc) is 2.69. The molecule has 0 bridgehead atoms. The summed E-state index contributed by atoms with van der Waals surface area (Å²) in [5.41, 5.74) is 2.95. The molecule has 26 heavy (non-hydrogen) atoms. The molecule has 0 spiro atoms. The Morgan fingerprint density at radius 3 is 2.62 bits per heavy atom. The van der Waals surface area contributed by atoms with Crippen LogP contribution in [0.5, 0.6) is 5.75 Å². The summed E-state index contributed by atoms with van der Waals surface area (Å²) >= 11 is 0. The fraction of sp³-hybridized carbons (Fsp3) is 0.150. The van der Waals surface area contributed by atoms with E-state index < -0.39 is 0 Å². The van der Waals surface area contributed by atoms with Crippen LogP contribution in [-0.2, 0) is 6.42 Å². The minimum atomic E-state index is -0.286. The standard InChI is InChI=1S/C20H20N4O2/c1-3-14-7-4-5-10-17(14)22-20(25)18-11-12-19(24-23-18)21-15-8-6-9-16(13-15)26-2/h4-13H,3H2,1-2H3,(H,21,24)(H,22,25). The molecule has 6 heteroatoms. The van der Waals surface area contributed by atoms with Gasteiger partial charge in [-0.1, -0.05) is 31.2 Å². The molecule has 0 unspecified atom stereocenters. The smallest absolute Gasteiger partial charge is 0.276 e. The number of hydrogen-bond acceptors (Lipinski definition) is 5. The summed E-state index contributed by atoms with van der Waals surface area (Å²) in [6, 6.07) is 18.5. The molecule has 2 aromatic carbocycles. The Morgan fingerprint density at radius 2 is 1.88 bits per heavy atom. The molecule has 1 aromatic heterocycles. The molecule has 132 valence electrons. The number of carbonyl (C=O) groups excluding carboxylic acids is 1. The van der Waals surface area contributed by atoms with E-state index >= 15 is 0 Å². The summed E-state index contributed by atoms with van der Waals surface area (Å²) in [6.07, 6.45) is 0.839. The van der Waals surface area contributed by atoms with Crippen LogP contribution in [0.25, 0.3) is 0 Å². The van der Waals surface area contributed by atoms with Crippen LogP contribution in [0.15, 0.2) is 60.7 Å². The highest BCUT2D eigenvalue weighted by Gasteiger charge is 2.10. The van der Waals surface area contributed by atoms with Crippen LogP contribution in [0.4, 0.5) is 17.2 Å². The first-order valence-corrected chi connectivity index (χ1v) is 8.33. The molecule has 1 amide bonds. The maximum Gasteiger partial charge on any atom is 0.276 e. The molecular weight excluding hydrogens is 328 g/mol. The number of nitrogens with one attached hydrogen (secondary N) is 2. The second kappa shape index (κ2) is 8.11. The van der Waals surface area contributed by atoms with E-state index in [-0.39, 0.29) is 11.6 Å². The maximum atomic E-state index is 12.4. The van der Waals surface area contributed by atoms with Crippen molar-refractivity contribution in [1.29, 1.82) is 0 Å². The number of methoxy groups -OCH3 is 1. The third-order valence-corrected chi connectivity index (χ3v) is 3.89. The van der Waals surface area contributed by atoms with Gasteiger partial charge in [0.1, 0.15) is 5.75 Å². The van der Waals surface area contributed by atoms with E-state index in [0.29, 0.717) is 5.82 Å². The van der Waals surface area contributed by atoms with Gasteiger partial charge in [-0.3, -0.25) is 4.79 Å². The van der Waals surface area contributed by atoms with Gasteiger partial charge in [-0.25, -0.2) is 0 Å². The molecule has 0 aliphatic carbocycles. The zero-order valence-electron chi connectivity index (χ0n) is 14.7. The van der Waals surface area contributed by atoms with Gasteiger partial charge in [-0.15, -0.1) is 10.2 Å². The first-order valence-electron chi connectivity index (χ1n) is 8.33. The van der Waals surface area contributed by atoms with Crippen molar-refractivity contribution in [2.75, 3.05) is 17.7 Å². The van der Waals surface area contributed by atoms with E-state index in [1.54, 1.807) is 19.2 Å². The summed E-state index contributed by atoms with van der Waals surface area (Å²) in [4.78, 5) is 12.4. The lowest BCUT2D eigenvalue weighted by Crippen LogP contribution is -2.15. The quantitative estimate of drug-likeness (QED) is 0.703. The highest BCUT2D eigenvalue weighted by Crippen LogP contribution is 2.20. The summed E-state index contributed by atoms with van der Waals surface area (Å²) in [6.45, 7) is 2.05. The lowest BCUT2D eigenvalue weighted by atomic mass is 10.1. The predicted octanol–water partition coefficient (Wildman–Crippen LogP) is 4.04. The monoisotopic (exact) mass is 348 g/mol. The van der Waals surface area contributed by atoms with Crippen molar-refractivity contribution in [3.8, 4) is 5.75 Å². The van der Waals surface area contributed by atoms with Crippen molar-refractivity contribution >= 4 is 23.1 Å². The Kier molecular flexibility index (Phi) is 5.43. The number of ether oxygens (including phenoxy) is 1. The SMILES string of the molecule is CCc1ccccc1NC(=O)c1ccc(Nc2cccc(OC)c2)nn1. The van der Waals surface area contributed by atoms with Gasteiger partial charge in [0, 0.05) is 17.4 Å². The molecule has 2 N–H and O–H groups in total. The molecular formula is C20H20N4O2. The van der Waals surface area contributed by atoms with E-state index in [9.17, 15) is 4.79 Å². The van der Waals surface area contributed by atoms with Crippen LogP contribution in [-0.4, -0.2) is 23.2 Å². The Balaban J connectivity index is 1.69. The lowest BCUT2D eigenvalue weighted by Gasteiger charge is -2.10. The second-order valence-electron chi connectivity index (χ2n) is 5.63. The van der Waals surface area contributed by atoms with Crippen molar-refractivity contribution in [3.63, 3.8) is 0 Å². The second-order valence-corrected chi connectivity index (χ2v) is 5.63. The number of amides is 1. The van der Waals surface area contributed by atoms with Gasteiger partial charge < -0.3 is 15.4 Å². The van der Waals surface area contributed by atoms with Crippen LogP contribution in [0.1, 0.15) is 23.0 Å². The van der Waals surface area contributed by atoms with Gasteiger partial charge in [-0.05, 0) is 42.3 Å². The van der Waals surface area contributed by atoms with Gasteiger partial charge in [-0.2, -0.15) is 0 Å². The molecule has 0 radical (unpaired) electrons. The van der Waals surface area contributed by atoms with Gasteiger partial charge >= 0.3 is 0 Å². The average molecular weight is 348 g/mol. The molecule has 6 nitrogen and oxygen atoms in total. The lowest BCUT2D eigenvalue weighted by molar-refractivity contribution is 0.102. The van der Waals surface area contributed by atoms with Gasteiger partial charge in [0.05, 0.1) is 7.11 Å². The number of hydrogen-bond donors (Lipinski definition) is 2. The first kappa shape index (κ1) is 17.4. The number of nitrogens with zero attached hydrogens (tertiary/aromatic N) is 2. The number of para-hydroxylation sites is 1. The van der Waals surface area contributed by atoms with Crippen molar-refractivity contribution in [2.24, 2.45) is 0 Å². The molecule has 0 aliphatic rings. The highest BCUT2D eigenvalue weighted by molar-refractivity contribution is 6.03. The number of benzene rings is 2. The van der Waals surface area contributed by atoms with Crippen molar-refractivity contribution in [2.45, 2.75) is 13.3 Å². The third-order valence-electron chi connectivity index (χ3n) is 3.89.